The Kier molecular flexibility index (Phi) is 5.37. The van der Waals surface area contributed by atoms with Crippen molar-refractivity contribution in [2.45, 2.75) is 6.42 Å². The van der Waals surface area contributed by atoms with Gasteiger partial charge in [-0.05, 0) is 18.2 Å². The Morgan fingerprint density at radius 2 is 1.90 bits per heavy atom. The molecule has 0 spiro atoms. The van der Waals surface area contributed by atoms with Crippen LogP contribution >= 0.6 is 0 Å². The molecule has 0 atom stereocenters. The minimum absolute atomic E-state index is 0.0925. The van der Waals surface area contributed by atoms with Crippen LogP contribution in [0.4, 0.5) is 11.4 Å². The monoisotopic (exact) mass is 278 g/mol. The van der Waals surface area contributed by atoms with Crippen LogP contribution in [0.5, 0.6) is 0 Å². The molecule has 1 aromatic rings. The summed E-state index contributed by atoms with van der Waals surface area (Å²) < 4.78 is 0. The molecule has 0 aliphatic carbocycles. The second-order valence-corrected chi connectivity index (χ2v) is 4.82. The first kappa shape index (κ1) is 15.8. The molecule has 110 valence electrons. The molecule has 0 radical (unpaired) electrons. The van der Waals surface area contributed by atoms with Gasteiger partial charge in [-0.25, -0.2) is 0 Å². The van der Waals surface area contributed by atoms with Crippen molar-refractivity contribution in [3.8, 4) is 0 Å². The predicted molar refractivity (Wildman–Crippen MR) is 80.8 cm³/mol. The summed E-state index contributed by atoms with van der Waals surface area (Å²) in [5.41, 5.74) is 7.63. The normalized spacial score (nSPS) is 10.0. The van der Waals surface area contributed by atoms with E-state index in [2.05, 4.69) is 5.32 Å². The van der Waals surface area contributed by atoms with Gasteiger partial charge in [0.1, 0.15) is 0 Å². The van der Waals surface area contributed by atoms with Crippen molar-refractivity contribution < 1.29 is 9.59 Å². The maximum Gasteiger partial charge on any atom is 0.255 e. The first-order valence-corrected chi connectivity index (χ1v) is 6.39. The van der Waals surface area contributed by atoms with Crippen molar-refractivity contribution in [2.75, 3.05) is 45.4 Å². The maximum absolute atomic E-state index is 12.4. The van der Waals surface area contributed by atoms with Gasteiger partial charge in [0.25, 0.3) is 5.91 Å². The van der Waals surface area contributed by atoms with Gasteiger partial charge >= 0.3 is 0 Å². The Hall–Kier alpha value is -2.24. The number of benzene rings is 1. The number of nitrogen functional groups attached to an aromatic ring is 1. The highest BCUT2D eigenvalue weighted by atomic mass is 16.2. The van der Waals surface area contributed by atoms with Crippen LogP contribution in [0.15, 0.2) is 18.2 Å². The third-order valence-electron chi connectivity index (χ3n) is 3.03. The molecule has 0 saturated carbocycles. The van der Waals surface area contributed by atoms with Gasteiger partial charge in [0.15, 0.2) is 0 Å². The van der Waals surface area contributed by atoms with Gasteiger partial charge in [-0.2, -0.15) is 0 Å². The number of nitrogens with two attached hydrogens (primary N) is 1. The molecule has 6 nitrogen and oxygen atoms in total. The standard InChI is InChI=1S/C14H22N4O2/c1-16-13(19)7-8-18(4)14(20)11-9-10(15)5-6-12(11)17(2)3/h5-6,9H,7-8,15H2,1-4H3,(H,16,19). The maximum atomic E-state index is 12.4. The zero-order chi connectivity index (χ0) is 15.3. The Morgan fingerprint density at radius 1 is 1.25 bits per heavy atom. The van der Waals surface area contributed by atoms with Crippen molar-refractivity contribution >= 4 is 23.2 Å². The third-order valence-corrected chi connectivity index (χ3v) is 3.03. The van der Waals surface area contributed by atoms with E-state index in [0.717, 1.165) is 5.69 Å². The summed E-state index contributed by atoms with van der Waals surface area (Å²) in [6.45, 7) is 0.361. The zero-order valence-electron chi connectivity index (χ0n) is 12.4. The van der Waals surface area contributed by atoms with Crippen LogP contribution < -0.4 is 16.0 Å². The van der Waals surface area contributed by atoms with E-state index >= 15 is 0 Å². The summed E-state index contributed by atoms with van der Waals surface area (Å²) in [6.07, 6.45) is 0.276. The number of anilines is 2. The number of nitrogens with one attached hydrogen (secondary N) is 1. The highest BCUT2D eigenvalue weighted by Gasteiger charge is 2.17. The van der Waals surface area contributed by atoms with Gasteiger partial charge in [0.2, 0.25) is 5.91 Å². The first-order chi connectivity index (χ1) is 9.36. The molecule has 0 aliphatic heterocycles. The highest BCUT2D eigenvalue weighted by Crippen LogP contribution is 2.22. The summed E-state index contributed by atoms with van der Waals surface area (Å²) in [5, 5.41) is 2.53. The lowest BCUT2D eigenvalue weighted by molar-refractivity contribution is -0.120. The summed E-state index contributed by atoms with van der Waals surface area (Å²) in [5.74, 6) is -0.241. The quantitative estimate of drug-likeness (QED) is 0.771. The number of rotatable bonds is 5. The van der Waals surface area contributed by atoms with E-state index in [4.69, 9.17) is 5.73 Å². The van der Waals surface area contributed by atoms with Gasteiger partial charge in [0, 0.05) is 52.5 Å². The third kappa shape index (κ3) is 3.88. The van der Waals surface area contributed by atoms with Gasteiger partial charge in [0.05, 0.1) is 5.56 Å². The lowest BCUT2D eigenvalue weighted by Gasteiger charge is -2.22. The summed E-state index contributed by atoms with van der Waals surface area (Å²) in [4.78, 5) is 27.0. The van der Waals surface area contributed by atoms with E-state index in [9.17, 15) is 9.59 Å². The first-order valence-electron chi connectivity index (χ1n) is 6.39. The number of hydrogen-bond donors (Lipinski definition) is 2. The van der Waals surface area contributed by atoms with Crippen LogP contribution in [0, 0.1) is 0 Å². The Bertz CT molecular complexity index is 500. The molecule has 2 amide bonds. The molecule has 0 aromatic heterocycles. The number of carbonyl (C=O) groups excluding carboxylic acids is 2. The van der Waals surface area contributed by atoms with E-state index in [-0.39, 0.29) is 18.2 Å². The number of nitrogens with zero attached hydrogens (tertiary/aromatic N) is 2. The van der Waals surface area contributed by atoms with E-state index in [0.29, 0.717) is 17.8 Å². The molecule has 6 heteroatoms. The fourth-order valence-corrected chi connectivity index (χ4v) is 1.82. The summed E-state index contributed by atoms with van der Waals surface area (Å²) >= 11 is 0. The highest BCUT2D eigenvalue weighted by molar-refractivity contribution is 6.00. The molecule has 0 heterocycles. The molecule has 1 aromatic carbocycles. The second-order valence-electron chi connectivity index (χ2n) is 4.82. The van der Waals surface area contributed by atoms with Crippen LogP contribution in [0.25, 0.3) is 0 Å². The van der Waals surface area contributed by atoms with Crippen LogP contribution in [0.3, 0.4) is 0 Å². The molecule has 0 aliphatic rings. The number of carbonyl (C=O) groups is 2. The van der Waals surface area contributed by atoms with E-state index in [1.54, 1.807) is 26.2 Å². The van der Waals surface area contributed by atoms with Crippen molar-refractivity contribution in [2.24, 2.45) is 0 Å². The SMILES string of the molecule is CNC(=O)CCN(C)C(=O)c1cc(N)ccc1N(C)C. The van der Waals surface area contributed by atoms with E-state index in [1.165, 1.54) is 4.90 Å². The molecular formula is C14H22N4O2. The minimum Gasteiger partial charge on any atom is -0.399 e. The van der Waals surface area contributed by atoms with Gasteiger partial charge in [-0.3, -0.25) is 9.59 Å². The Balaban J connectivity index is 2.90. The zero-order valence-corrected chi connectivity index (χ0v) is 12.4. The topological polar surface area (TPSA) is 78.7 Å². The van der Waals surface area contributed by atoms with Crippen molar-refractivity contribution in [1.82, 2.24) is 10.2 Å². The average Bonchev–Trinajstić information content (AvgIpc) is 2.42. The largest absolute Gasteiger partial charge is 0.399 e. The lowest BCUT2D eigenvalue weighted by Crippen LogP contribution is -2.32. The van der Waals surface area contributed by atoms with Crippen molar-refractivity contribution in [3.63, 3.8) is 0 Å². The van der Waals surface area contributed by atoms with Gasteiger partial charge in [-0.1, -0.05) is 0 Å². The molecule has 1 rings (SSSR count). The minimum atomic E-state index is -0.148. The Labute approximate surface area is 119 Å². The molecule has 0 fully saturated rings. The molecule has 3 N–H and O–H groups in total. The van der Waals surface area contributed by atoms with E-state index < -0.39 is 0 Å². The molecule has 0 unspecified atom stereocenters. The Morgan fingerprint density at radius 3 is 2.45 bits per heavy atom. The summed E-state index contributed by atoms with van der Waals surface area (Å²) in [7, 11) is 6.99. The fraction of sp³-hybridized carbons (Fsp3) is 0.429. The molecule has 20 heavy (non-hydrogen) atoms. The van der Waals surface area contributed by atoms with Crippen molar-refractivity contribution in [1.29, 1.82) is 0 Å². The number of hydrogen-bond acceptors (Lipinski definition) is 4. The smallest absolute Gasteiger partial charge is 0.255 e. The van der Waals surface area contributed by atoms with Crippen LogP contribution in [-0.2, 0) is 4.79 Å². The second kappa shape index (κ2) is 6.79. The average molecular weight is 278 g/mol. The van der Waals surface area contributed by atoms with Gasteiger partial charge in [-0.15, -0.1) is 0 Å². The molecule has 0 saturated heterocycles. The predicted octanol–water partition coefficient (Wildman–Crippen LogP) is 0.543. The van der Waals surface area contributed by atoms with Crippen LogP contribution in [0.1, 0.15) is 16.8 Å². The summed E-state index contributed by atoms with van der Waals surface area (Å²) in [6, 6.07) is 5.24. The van der Waals surface area contributed by atoms with Crippen molar-refractivity contribution in [3.05, 3.63) is 23.8 Å². The van der Waals surface area contributed by atoms with Crippen LogP contribution in [-0.4, -0.2) is 51.4 Å². The van der Waals surface area contributed by atoms with E-state index in [1.807, 2.05) is 25.1 Å². The fourth-order valence-electron chi connectivity index (χ4n) is 1.82. The van der Waals surface area contributed by atoms with Gasteiger partial charge < -0.3 is 20.9 Å². The molecular weight excluding hydrogens is 256 g/mol. The van der Waals surface area contributed by atoms with Crippen LogP contribution in [0.2, 0.25) is 0 Å². The molecule has 0 bridgehead atoms. The lowest BCUT2D eigenvalue weighted by atomic mass is 10.1. The number of amides is 2.